The standard InChI is InChI=1S/C27H33ClN2O2/c1-2-3-4-5-6-7-9-21-12-14-22(15-13-21)20-32-25-17-26(29-19-25)27(31)30-18-23-10-8-11-24(28)16-23/h8,10-16,25-26,29H,2-6,17-20H2,1H3,(H,30,31)/t25-,26+/m1/s1. The Kier molecular flexibility index (Phi) is 10.1. The first kappa shape index (κ1) is 24.3. The Hall–Kier alpha value is -2.32. The number of unbranched alkanes of at least 4 members (excludes halogenated alkanes) is 4. The Morgan fingerprint density at radius 2 is 2.00 bits per heavy atom. The second-order valence-electron chi connectivity index (χ2n) is 8.29. The molecule has 2 aromatic rings. The van der Waals surface area contributed by atoms with Gasteiger partial charge >= 0.3 is 0 Å². The average Bonchev–Trinajstić information content (AvgIpc) is 3.28. The van der Waals surface area contributed by atoms with Crippen LogP contribution in [0.5, 0.6) is 0 Å². The monoisotopic (exact) mass is 452 g/mol. The zero-order chi connectivity index (χ0) is 22.6. The molecule has 5 heteroatoms. The van der Waals surface area contributed by atoms with Gasteiger partial charge in [-0.1, -0.05) is 73.9 Å². The molecule has 4 nitrogen and oxygen atoms in total. The van der Waals surface area contributed by atoms with Crippen LogP contribution in [0.2, 0.25) is 5.02 Å². The molecule has 0 aromatic heterocycles. The first-order valence-electron chi connectivity index (χ1n) is 11.6. The Balaban J connectivity index is 1.35. The largest absolute Gasteiger partial charge is 0.372 e. The smallest absolute Gasteiger partial charge is 0.237 e. The van der Waals surface area contributed by atoms with Gasteiger partial charge in [0.05, 0.1) is 18.8 Å². The van der Waals surface area contributed by atoms with Gasteiger partial charge in [-0.3, -0.25) is 4.79 Å². The van der Waals surface area contributed by atoms with Crippen molar-refractivity contribution in [2.24, 2.45) is 0 Å². The molecule has 3 rings (SSSR count). The minimum absolute atomic E-state index is 0.00584. The molecule has 0 aliphatic carbocycles. The summed E-state index contributed by atoms with van der Waals surface area (Å²) >= 11 is 6.00. The Bertz CT molecular complexity index is 917. The van der Waals surface area contributed by atoms with Gasteiger partial charge in [0.2, 0.25) is 5.91 Å². The molecule has 0 saturated carbocycles. The summed E-state index contributed by atoms with van der Waals surface area (Å²) in [5, 5.41) is 6.90. The minimum Gasteiger partial charge on any atom is -0.372 e. The van der Waals surface area contributed by atoms with Gasteiger partial charge in [-0.05, 0) is 48.2 Å². The number of nitrogens with one attached hydrogen (secondary N) is 2. The summed E-state index contributed by atoms with van der Waals surface area (Å²) in [6.07, 6.45) is 6.66. The van der Waals surface area contributed by atoms with E-state index in [4.69, 9.17) is 16.3 Å². The van der Waals surface area contributed by atoms with E-state index >= 15 is 0 Å². The number of benzene rings is 2. The van der Waals surface area contributed by atoms with Crippen LogP contribution < -0.4 is 10.6 Å². The predicted octanol–water partition coefficient (Wildman–Crippen LogP) is 5.23. The van der Waals surface area contributed by atoms with Crippen LogP contribution in [0.4, 0.5) is 0 Å². The third-order valence-corrected chi connectivity index (χ3v) is 5.83. The van der Waals surface area contributed by atoms with Crippen LogP contribution >= 0.6 is 11.6 Å². The first-order valence-corrected chi connectivity index (χ1v) is 12.0. The van der Waals surface area contributed by atoms with Crippen molar-refractivity contribution in [2.45, 2.75) is 70.7 Å². The molecule has 0 unspecified atom stereocenters. The van der Waals surface area contributed by atoms with E-state index in [1.54, 1.807) is 0 Å². The summed E-state index contributed by atoms with van der Waals surface area (Å²) in [5.74, 6) is 6.49. The third kappa shape index (κ3) is 8.31. The highest BCUT2D eigenvalue weighted by molar-refractivity contribution is 6.30. The fourth-order valence-corrected chi connectivity index (χ4v) is 3.91. The Morgan fingerprint density at radius 3 is 2.78 bits per heavy atom. The van der Waals surface area contributed by atoms with Gasteiger partial charge in [0.25, 0.3) is 0 Å². The average molecular weight is 453 g/mol. The second-order valence-corrected chi connectivity index (χ2v) is 8.72. The van der Waals surface area contributed by atoms with Gasteiger partial charge in [-0.2, -0.15) is 0 Å². The summed E-state index contributed by atoms with van der Waals surface area (Å²) < 4.78 is 6.03. The van der Waals surface area contributed by atoms with Crippen LogP contribution in [-0.4, -0.2) is 24.6 Å². The van der Waals surface area contributed by atoms with Crippen molar-refractivity contribution >= 4 is 17.5 Å². The van der Waals surface area contributed by atoms with Crippen LogP contribution in [0.25, 0.3) is 0 Å². The summed E-state index contributed by atoms with van der Waals surface area (Å²) in [4.78, 5) is 12.4. The fourth-order valence-electron chi connectivity index (χ4n) is 3.69. The molecule has 1 aliphatic heterocycles. The summed E-state index contributed by atoms with van der Waals surface area (Å²) in [5.41, 5.74) is 3.15. The highest BCUT2D eigenvalue weighted by atomic mass is 35.5. The van der Waals surface area contributed by atoms with E-state index < -0.39 is 0 Å². The molecule has 1 aliphatic rings. The van der Waals surface area contributed by atoms with E-state index in [2.05, 4.69) is 53.7 Å². The maximum atomic E-state index is 12.4. The lowest BCUT2D eigenvalue weighted by Crippen LogP contribution is -2.39. The highest BCUT2D eigenvalue weighted by Crippen LogP contribution is 2.15. The lowest BCUT2D eigenvalue weighted by molar-refractivity contribution is -0.123. The normalized spacial score (nSPS) is 17.6. The number of ether oxygens (including phenoxy) is 1. The van der Waals surface area contributed by atoms with E-state index in [-0.39, 0.29) is 18.1 Å². The van der Waals surface area contributed by atoms with Crippen LogP contribution in [0.15, 0.2) is 48.5 Å². The van der Waals surface area contributed by atoms with E-state index in [0.717, 1.165) is 23.1 Å². The van der Waals surface area contributed by atoms with E-state index in [1.165, 1.54) is 25.7 Å². The number of halogens is 1. The molecule has 0 bridgehead atoms. The van der Waals surface area contributed by atoms with E-state index in [9.17, 15) is 4.79 Å². The summed E-state index contributed by atoms with van der Waals surface area (Å²) in [6, 6.07) is 15.5. The zero-order valence-corrected chi connectivity index (χ0v) is 19.6. The van der Waals surface area contributed by atoms with Gasteiger partial charge in [-0.25, -0.2) is 0 Å². The van der Waals surface area contributed by atoms with Crippen LogP contribution in [0.3, 0.4) is 0 Å². The highest BCUT2D eigenvalue weighted by Gasteiger charge is 2.29. The van der Waals surface area contributed by atoms with Crippen molar-refractivity contribution in [3.05, 3.63) is 70.2 Å². The van der Waals surface area contributed by atoms with Crippen molar-refractivity contribution in [1.29, 1.82) is 0 Å². The first-order chi connectivity index (χ1) is 15.6. The molecule has 0 spiro atoms. The van der Waals surface area contributed by atoms with E-state index in [0.29, 0.717) is 31.1 Å². The molecule has 0 radical (unpaired) electrons. The van der Waals surface area contributed by atoms with Crippen molar-refractivity contribution < 1.29 is 9.53 Å². The molecule has 1 saturated heterocycles. The molecule has 1 amide bonds. The molecular formula is C27H33ClN2O2. The summed E-state index contributed by atoms with van der Waals surface area (Å²) in [7, 11) is 0. The predicted molar refractivity (Wildman–Crippen MR) is 130 cm³/mol. The van der Waals surface area contributed by atoms with Crippen LogP contribution in [-0.2, 0) is 22.7 Å². The van der Waals surface area contributed by atoms with Crippen LogP contribution in [0.1, 0.15) is 62.1 Å². The van der Waals surface area contributed by atoms with Crippen LogP contribution in [0, 0.1) is 11.8 Å². The number of amides is 1. The maximum Gasteiger partial charge on any atom is 0.237 e. The second kappa shape index (κ2) is 13.3. The van der Waals surface area contributed by atoms with Gasteiger partial charge in [0.15, 0.2) is 0 Å². The van der Waals surface area contributed by atoms with Crippen molar-refractivity contribution in [3.8, 4) is 11.8 Å². The van der Waals surface area contributed by atoms with Crippen molar-refractivity contribution in [1.82, 2.24) is 10.6 Å². The summed E-state index contributed by atoms with van der Waals surface area (Å²) in [6.45, 7) is 3.90. The number of hydrogen-bond acceptors (Lipinski definition) is 3. The number of rotatable bonds is 10. The lowest BCUT2D eigenvalue weighted by atomic mass is 10.1. The lowest BCUT2D eigenvalue weighted by Gasteiger charge is -2.12. The molecule has 2 N–H and O–H groups in total. The van der Waals surface area contributed by atoms with Crippen molar-refractivity contribution in [2.75, 3.05) is 6.54 Å². The minimum atomic E-state index is -0.228. The Labute approximate surface area is 197 Å². The van der Waals surface area contributed by atoms with E-state index in [1.807, 2.05) is 24.3 Å². The van der Waals surface area contributed by atoms with Gasteiger partial charge in [-0.15, -0.1) is 0 Å². The Morgan fingerprint density at radius 1 is 1.16 bits per heavy atom. The quantitative estimate of drug-likeness (QED) is 0.383. The zero-order valence-electron chi connectivity index (χ0n) is 18.8. The topological polar surface area (TPSA) is 50.4 Å². The number of hydrogen-bond donors (Lipinski definition) is 2. The molecule has 1 fully saturated rings. The van der Waals surface area contributed by atoms with Crippen molar-refractivity contribution in [3.63, 3.8) is 0 Å². The SMILES string of the molecule is CCCCCCC#Cc1ccc(CO[C@H]2CN[C@H](C(=O)NCc3cccc(Cl)c3)C2)cc1. The number of carbonyl (C=O) groups excluding carboxylic acids is 1. The molecule has 2 atom stereocenters. The third-order valence-electron chi connectivity index (χ3n) is 5.59. The molecule has 170 valence electrons. The molecular weight excluding hydrogens is 420 g/mol. The molecule has 32 heavy (non-hydrogen) atoms. The van der Waals surface area contributed by atoms with Gasteiger partial charge in [0.1, 0.15) is 0 Å². The van der Waals surface area contributed by atoms with Gasteiger partial charge in [0, 0.05) is 30.1 Å². The molecule has 1 heterocycles. The fraction of sp³-hybridized carbons (Fsp3) is 0.444. The molecule has 2 aromatic carbocycles. The number of carbonyl (C=O) groups is 1. The maximum absolute atomic E-state index is 12.4. The van der Waals surface area contributed by atoms with Gasteiger partial charge < -0.3 is 15.4 Å².